The van der Waals surface area contributed by atoms with E-state index in [0.29, 0.717) is 6.61 Å². The van der Waals surface area contributed by atoms with Gasteiger partial charge in [0.2, 0.25) is 0 Å². The molecule has 0 heterocycles. The highest BCUT2D eigenvalue weighted by Crippen LogP contribution is 2.11. The van der Waals surface area contributed by atoms with Crippen molar-refractivity contribution in [3.63, 3.8) is 0 Å². The molecule has 1 N–H and O–H groups in total. The number of ether oxygens (including phenoxy) is 1. The van der Waals surface area contributed by atoms with E-state index in [9.17, 15) is 0 Å². The number of hydrogen-bond donors (Lipinski definition) is 1. The zero-order chi connectivity index (χ0) is 13.5. The number of aliphatic hydroxyl groups is 1. The standard InChI is InChI=1S/C16H34O2/c1-3-4-5-6-7-8-9-10-11-12-13-14-18-15-16(2)17/h16-17H,3-15H2,1-2H3/t16-/m0/s1. The normalized spacial score (nSPS) is 12.8. The molecule has 0 rings (SSSR count). The summed E-state index contributed by atoms with van der Waals surface area (Å²) < 4.78 is 5.33. The summed E-state index contributed by atoms with van der Waals surface area (Å²) in [6.07, 6.45) is 14.7. The Morgan fingerprint density at radius 1 is 0.778 bits per heavy atom. The first-order chi connectivity index (χ1) is 8.77. The highest BCUT2D eigenvalue weighted by molar-refractivity contribution is 4.48. The van der Waals surface area contributed by atoms with Crippen LogP contribution in [-0.2, 0) is 4.74 Å². The lowest BCUT2D eigenvalue weighted by molar-refractivity contribution is 0.0445. The van der Waals surface area contributed by atoms with Crippen LogP contribution in [-0.4, -0.2) is 24.4 Å². The van der Waals surface area contributed by atoms with Crippen LogP contribution in [0.2, 0.25) is 0 Å². The third-order valence-corrected chi connectivity index (χ3v) is 3.25. The number of unbranched alkanes of at least 4 members (excludes halogenated alkanes) is 10. The van der Waals surface area contributed by atoms with Crippen LogP contribution in [0.25, 0.3) is 0 Å². The van der Waals surface area contributed by atoms with Gasteiger partial charge in [-0.25, -0.2) is 0 Å². The number of aliphatic hydroxyl groups excluding tert-OH is 1. The maximum absolute atomic E-state index is 9.00. The Kier molecular flexibility index (Phi) is 14.9. The van der Waals surface area contributed by atoms with Crippen LogP contribution >= 0.6 is 0 Å². The minimum Gasteiger partial charge on any atom is -0.391 e. The van der Waals surface area contributed by atoms with E-state index in [4.69, 9.17) is 9.84 Å². The summed E-state index contributed by atoms with van der Waals surface area (Å²) in [5.74, 6) is 0. The summed E-state index contributed by atoms with van der Waals surface area (Å²) in [6.45, 7) is 5.32. The van der Waals surface area contributed by atoms with E-state index in [2.05, 4.69) is 6.92 Å². The fraction of sp³-hybridized carbons (Fsp3) is 1.00. The fourth-order valence-electron chi connectivity index (χ4n) is 2.12. The van der Waals surface area contributed by atoms with Crippen LogP contribution in [0.1, 0.15) is 84.5 Å². The van der Waals surface area contributed by atoms with E-state index in [1.165, 1.54) is 64.2 Å². The fourth-order valence-corrected chi connectivity index (χ4v) is 2.12. The van der Waals surface area contributed by atoms with Crippen molar-refractivity contribution in [1.82, 2.24) is 0 Å². The Morgan fingerprint density at radius 2 is 1.22 bits per heavy atom. The van der Waals surface area contributed by atoms with Gasteiger partial charge in [-0.15, -0.1) is 0 Å². The molecular formula is C16H34O2. The quantitative estimate of drug-likeness (QED) is 0.458. The summed E-state index contributed by atoms with van der Waals surface area (Å²) >= 11 is 0. The predicted molar refractivity (Wildman–Crippen MR) is 79.0 cm³/mol. The molecule has 0 unspecified atom stereocenters. The minimum atomic E-state index is -0.322. The van der Waals surface area contributed by atoms with Crippen LogP contribution in [0.5, 0.6) is 0 Å². The average molecular weight is 258 g/mol. The molecule has 0 aliphatic heterocycles. The molecule has 0 saturated heterocycles. The van der Waals surface area contributed by atoms with Crippen molar-refractivity contribution in [2.75, 3.05) is 13.2 Å². The Hall–Kier alpha value is -0.0800. The van der Waals surface area contributed by atoms with Gasteiger partial charge in [0.15, 0.2) is 0 Å². The molecule has 0 aromatic heterocycles. The second-order valence-corrected chi connectivity index (χ2v) is 5.46. The van der Waals surface area contributed by atoms with E-state index in [-0.39, 0.29) is 6.10 Å². The van der Waals surface area contributed by atoms with Gasteiger partial charge in [0.05, 0.1) is 12.7 Å². The molecule has 0 aromatic carbocycles. The topological polar surface area (TPSA) is 29.5 Å². The van der Waals surface area contributed by atoms with Gasteiger partial charge < -0.3 is 9.84 Å². The van der Waals surface area contributed by atoms with Gasteiger partial charge in [-0.1, -0.05) is 71.1 Å². The molecule has 110 valence electrons. The molecule has 0 aromatic rings. The molecule has 18 heavy (non-hydrogen) atoms. The second kappa shape index (κ2) is 15.0. The molecule has 0 aliphatic carbocycles. The van der Waals surface area contributed by atoms with Gasteiger partial charge in [0.1, 0.15) is 0 Å². The van der Waals surface area contributed by atoms with Crippen molar-refractivity contribution in [2.24, 2.45) is 0 Å². The maximum Gasteiger partial charge on any atom is 0.0745 e. The number of hydrogen-bond acceptors (Lipinski definition) is 2. The largest absolute Gasteiger partial charge is 0.391 e. The lowest BCUT2D eigenvalue weighted by Crippen LogP contribution is -2.10. The Bertz CT molecular complexity index is 146. The van der Waals surface area contributed by atoms with Crippen LogP contribution in [0.4, 0.5) is 0 Å². The Balaban J connectivity index is 2.90. The lowest BCUT2D eigenvalue weighted by atomic mass is 10.1. The van der Waals surface area contributed by atoms with Gasteiger partial charge in [0, 0.05) is 6.61 Å². The monoisotopic (exact) mass is 258 g/mol. The molecule has 0 aliphatic rings. The first-order valence-electron chi connectivity index (χ1n) is 8.03. The van der Waals surface area contributed by atoms with Gasteiger partial charge in [-0.05, 0) is 13.3 Å². The number of rotatable bonds is 14. The second-order valence-electron chi connectivity index (χ2n) is 5.46. The summed E-state index contributed by atoms with van der Waals surface area (Å²) in [7, 11) is 0. The Labute approximate surface area is 114 Å². The molecule has 0 spiro atoms. The van der Waals surface area contributed by atoms with E-state index >= 15 is 0 Å². The molecule has 2 heteroatoms. The first-order valence-corrected chi connectivity index (χ1v) is 8.03. The molecular weight excluding hydrogens is 224 g/mol. The van der Waals surface area contributed by atoms with Crippen LogP contribution < -0.4 is 0 Å². The van der Waals surface area contributed by atoms with Gasteiger partial charge in [-0.3, -0.25) is 0 Å². The molecule has 0 saturated carbocycles. The smallest absolute Gasteiger partial charge is 0.0745 e. The van der Waals surface area contributed by atoms with E-state index in [1.807, 2.05) is 0 Å². The third-order valence-electron chi connectivity index (χ3n) is 3.25. The van der Waals surface area contributed by atoms with E-state index in [0.717, 1.165) is 13.0 Å². The summed E-state index contributed by atoms with van der Waals surface area (Å²) in [6, 6.07) is 0. The van der Waals surface area contributed by atoms with Crippen molar-refractivity contribution < 1.29 is 9.84 Å². The summed E-state index contributed by atoms with van der Waals surface area (Å²) in [5.41, 5.74) is 0. The zero-order valence-corrected chi connectivity index (χ0v) is 12.6. The zero-order valence-electron chi connectivity index (χ0n) is 12.6. The summed E-state index contributed by atoms with van der Waals surface area (Å²) in [4.78, 5) is 0. The van der Waals surface area contributed by atoms with E-state index in [1.54, 1.807) is 6.92 Å². The third kappa shape index (κ3) is 15.9. The molecule has 1 atom stereocenters. The van der Waals surface area contributed by atoms with Crippen molar-refractivity contribution in [1.29, 1.82) is 0 Å². The van der Waals surface area contributed by atoms with Crippen molar-refractivity contribution in [2.45, 2.75) is 90.6 Å². The van der Waals surface area contributed by atoms with Gasteiger partial charge >= 0.3 is 0 Å². The molecule has 0 bridgehead atoms. The van der Waals surface area contributed by atoms with Crippen molar-refractivity contribution in [3.05, 3.63) is 0 Å². The van der Waals surface area contributed by atoms with Crippen LogP contribution in [0, 0.1) is 0 Å². The maximum atomic E-state index is 9.00. The van der Waals surface area contributed by atoms with Crippen LogP contribution in [0.15, 0.2) is 0 Å². The van der Waals surface area contributed by atoms with Gasteiger partial charge in [0.25, 0.3) is 0 Å². The van der Waals surface area contributed by atoms with Gasteiger partial charge in [-0.2, -0.15) is 0 Å². The minimum absolute atomic E-state index is 0.322. The molecule has 0 fully saturated rings. The Morgan fingerprint density at radius 3 is 1.67 bits per heavy atom. The highest BCUT2D eigenvalue weighted by Gasteiger charge is 1.95. The summed E-state index contributed by atoms with van der Waals surface area (Å²) in [5, 5.41) is 9.00. The molecule has 0 radical (unpaired) electrons. The highest BCUT2D eigenvalue weighted by atomic mass is 16.5. The first kappa shape index (κ1) is 17.9. The van der Waals surface area contributed by atoms with Crippen molar-refractivity contribution >= 4 is 0 Å². The van der Waals surface area contributed by atoms with E-state index < -0.39 is 0 Å². The van der Waals surface area contributed by atoms with Crippen molar-refractivity contribution in [3.8, 4) is 0 Å². The molecule has 0 amide bonds. The predicted octanol–water partition coefficient (Wildman–Crippen LogP) is 4.69. The molecule has 2 nitrogen and oxygen atoms in total. The SMILES string of the molecule is CCCCCCCCCCCCCOC[C@H](C)O. The lowest BCUT2D eigenvalue weighted by Gasteiger charge is -2.06. The average Bonchev–Trinajstić information content (AvgIpc) is 2.34. The van der Waals surface area contributed by atoms with Crippen LogP contribution in [0.3, 0.4) is 0 Å².